The van der Waals surface area contributed by atoms with E-state index in [1.54, 1.807) is 0 Å². The zero-order valence-corrected chi connectivity index (χ0v) is 12.0. The molecule has 1 aromatic carbocycles. The molecule has 1 N–H and O–H groups in total. The molecule has 1 aliphatic carbocycles. The Balaban J connectivity index is 1.86. The quantitative estimate of drug-likeness (QED) is 0.891. The third-order valence-corrected chi connectivity index (χ3v) is 4.57. The van der Waals surface area contributed by atoms with Crippen LogP contribution in [-0.2, 0) is 0 Å². The summed E-state index contributed by atoms with van der Waals surface area (Å²) in [5, 5.41) is 12.9. The average Bonchev–Trinajstić information content (AvgIpc) is 2.44. The van der Waals surface area contributed by atoms with Crippen LogP contribution in [0.2, 0.25) is 0 Å². The van der Waals surface area contributed by atoms with Gasteiger partial charge in [-0.25, -0.2) is 0 Å². The second-order valence-electron chi connectivity index (χ2n) is 5.97. The second kappa shape index (κ2) is 6.73. The number of nitrogens with zero attached hydrogens (tertiary/aromatic N) is 1. The van der Waals surface area contributed by atoms with E-state index >= 15 is 0 Å². The van der Waals surface area contributed by atoms with Crippen LogP contribution in [-0.4, -0.2) is 12.6 Å². The highest BCUT2D eigenvalue weighted by Gasteiger charge is 2.24. The van der Waals surface area contributed by atoms with Crippen molar-refractivity contribution in [1.29, 1.82) is 5.26 Å². The summed E-state index contributed by atoms with van der Waals surface area (Å²) >= 11 is 0. The largest absolute Gasteiger partial charge is 0.312 e. The number of nitriles is 1. The van der Waals surface area contributed by atoms with Gasteiger partial charge in [-0.3, -0.25) is 0 Å². The molecule has 0 amide bonds. The highest BCUT2D eigenvalue weighted by atomic mass is 14.9. The van der Waals surface area contributed by atoms with Gasteiger partial charge in [0.05, 0.1) is 12.0 Å². The lowest BCUT2D eigenvalue weighted by molar-refractivity contribution is 0.226. The normalized spacial score (nSPS) is 28.6. The van der Waals surface area contributed by atoms with E-state index in [4.69, 9.17) is 0 Å². The fourth-order valence-electron chi connectivity index (χ4n) is 2.94. The molecule has 2 rings (SSSR count). The summed E-state index contributed by atoms with van der Waals surface area (Å²) in [5.41, 5.74) is 1.12. The van der Waals surface area contributed by atoms with Crippen LogP contribution in [0.25, 0.3) is 0 Å². The summed E-state index contributed by atoms with van der Waals surface area (Å²) in [6.07, 6.45) is 3.80. The van der Waals surface area contributed by atoms with E-state index in [2.05, 4.69) is 25.2 Å². The van der Waals surface area contributed by atoms with Crippen molar-refractivity contribution in [3.05, 3.63) is 35.9 Å². The summed E-state index contributed by atoms with van der Waals surface area (Å²) in [4.78, 5) is 0. The van der Waals surface area contributed by atoms with E-state index in [-0.39, 0.29) is 5.92 Å². The van der Waals surface area contributed by atoms with E-state index in [1.807, 2.05) is 30.3 Å². The van der Waals surface area contributed by atoms with Gasteiger partial charge < -0.3 is 5.32 Å². The Morgan fingerprint density at radius 2 is 1.95 bits per heavy atom. The zero-order chi connectivity index (χ0) is 13.7. The average molecular weight is 256 g/mol. The molecule has 0 saturated heterocycles. The van der Waals surface area contributed by atoms with Crippen molar-refractivity contribution < 1.29 is 0 Å². The number of nitrogens with one attached hydrogen (secondary N) is 1. The first-order valence-electron chi connectivity index (χ1n) is 7.38. The predicted octanol–water partition coefficient (Wildman–Crippen LogP) is 3.71. The van der Waals surface area contributed by atoms with E-state index in [1.165, 1.54) is 19.3 Å². The van der Waals surface area contributed by atoms with Crippen molar-refractivity contribution in [1.82, 2.24) is 5.32 Å². The van der Waals surface area contributed by atoms with Gasteiger partial charge in [-0.2, -0.15) is 5.26 Å². The summed E-state index contributed by atoms with van der Waals surface area (Å²) < 4.78 is 0. The van der Waals surface area contributed by atoms with Crippen LogP contribution in [0.5, 0.6) is 0 Å². The molecule has 0 radical (unpaired) electrons. The Morgan fingerprint density at radius 3 is 2.58 bits per heavy atom. The molecular weight excluding hydrogens is 232 g/mol. The maximum absolute atomic E-state index is 9.31. The molecular formula is C17H24N2. The zero-order valence-electron chi connectivity index (χ0n) is 12.0. The van der Waals surface area contributed by atoms with Crippen molar-refractivity contribution in [2.45, 2.75) is 45.1 Å². The van der Waals surface area contributed by atoms with Gasteiger partial charge in [0.1, 0.15) is 0 Å². The van der Waals surface area contributed by atoms with Gasteiger partial charge in [-0.15, -0.1) is 0 Å². The Kier molecular flexibility index (Phi) is 4.99. The number of hydrogen-bond donors (Lipinski definition) is 1. The van der Waals surface area contributed by atoms with E-state index in [0.717, 1.165) is 23.9 Å². The van der Waals surface area contributed by atoms with Crippen LogP contribution in [0.1, 0.15) is 44.6 Å². The summed E-state index contributed by atoms with van der Waals surface area (Å²) in [6.45, 7) is 5.46. The van der Waals surface area contributed by atoms with Crippen LogP contribution in [0, 0.1) is 23.2 Å². The van der Waals surface area contributed by atoms with Crippen molar-refractivity contribution in [2.24, 2.45) is 11.8 Å². The van der Waals surface area contributed by atoms with Gasteiger partial charge in [0.2, 0.25) is 0 Å². The topological polar surface area (TPSA) is 35.8 Å². The van der Waals surface area contributed by atoms with E-state index in [0.29, 0.717) is 6.04 Å². The third-order valence-electron chi connectivity index (χ3n) is 4.57. The molecule has 0 heterocycles. The summed E-state index contributed by atoms with van der Waals surface area (Å²) in [5.74, 6) is 1.61. The molecule has 2 heteroatoms. The lowest BCUT2D eigenvalue weighted by Crippen LogP contribution is -2.38. The highest BCUT2D eigenvalue weighted by molar-refractivity contribution is 5.25. The standard InChI is InChI=1S/C17H24N2/c1-13-8-9-17(10-14(13)2)19-12-16(11-18)15-6-4-3-5-7-15/h3-7,13-14,16-17,19H,8-10,12H2,1-2H3. The third kappa shape index (κ3) is 3.81. The smallest absolute Gasteiger partial charge is 0.0837 e. The van der Waals surface area contributed by atoms with E-state index < -0.39 is 0 Å². The maximum atomic E-state index is 9.31. The lowest BCUT2D eigenvalue weighted by atomic mass is 9.79. The molecule has 1 aromatic rings. The van der Waals surface area contributed by atoms with Gasteiger partial charge in [-0.1, -0.05) is 44.2 Å². The van der Waals surface area contributed by atoms with Crippen LogP contribution in [0.4, 0.5) is 0 Å². The summed E-state index contributed by atoms with van der Waals surface area (Å²) in [6, 6.07) is 13.1. The summed E-state index contributed by atoms with van der Waals surface area (Å²) in [7, 11) is 0. The first-order valence-corrected chi connectivity index (χ1v) is 7.38. The molecule has 102 valence electrons. The Hall–Kier alpha value is -1.33. The van der Waals surface area contributed by atoms with Crippen molar-refractivity contribution >= 4 is 0 Å². The van der Waals surface area contributed by atoms with Crippen LogP contribution in [0.15, 0.2) is 30.3 Å². The first-order chi connectivity index (χ1) is 9.20. The van der Waals surface area contributed by atoms with Gasteiger partial charge >= 0.3 is 0 Å². The lowest BCUT2D eigenvalue weighted by Gasteiger charge is -2.33. The van der Waals surface area contributed by atoms with Gasteiger partial charge in [-0.05, 0) is 36.7 Å². The molecule has 4 atom stereocenters. The van der Waals surface area contributed by atoms with Gasteiger partial charge in [0.15, 0.2) is 0 Å². The molecule has 0 bridgehead atoms. The fourth-order valence-corrected chi connectivity index (χ4v) is 2.94. The molecule has 0 aromatic heterocycles. The van der Waals surface area contributed by atoms with Crippen LogP contribution < -0.4 is 5.32 Å². The van der Waals surface area contributed by atoms with Crippen molar-refractivity contribution in [2.75, 3.05) is 6.54 Å². The molecule has 1 saturated carbocycles. The van der Waals surface area contributed by atoms with E-state index in [9.17, 15) is 5.26 Å². The Morgan fingerprint density at radius 1 is 1.21 bits per heavy atom. The molecule has 2 nitrogen and oxygen atoms in total. The number of rotatable bonds is 4. The molecule has 4 unspecified atom stereocenters. The number of hydrogen-bond acceptors (Lipinski definition) is 2. The van der Waals surface area contributed by atoms with Crippen LogP contribution in [0.3, 0.4) is 0 Å². The fraction of sp³-hybridized carbons (Fsp3) is 0.588. The minimum absolute atomic E-state index is 0.0316. The monoisotopic (exact) mass is 256 g/mol. The predicted molar refractivity (Wildman–Crippen MR) is 78.8 cm³/mol. The highest BCUT2D eigenvalue weighted by Crippen LogP contribution is 2.29. The molecule has 0 spiro atoms. The molecule has 1 fully saturated rings. The van der Waals surface area contributed by atoms with Gasteiger partial charge in [0.25, 0.3) is 0 Å². The SMILES string of the molecule is CC1CCC(NCC(C#N)c2ccccc2)CC1C. The molecule has 19 heavy (non-hydrogen) atoms. The van der Waals surface area contributed by atoms with Crippen molar-refractivity contribution in [3.8, 4) is 6.07 Å². The molecule has 0 aliphatic heterocycles. The second-order valence-corrected chi connectivity index (χ2v) is 5.97. The minimum Gasteiger partial charge on any atom is -0.312 e. The minimum atomic E-state index is -0.0316. The van der Waals surface area contributed by atoms with Crippen molar-refractivity contribution in [3.63, 3.8) is 0 Å². The van der Waals surface area contributed by atoms with Crippen LogP contribution >= 0.6 is 0 Å². The van der Waals surface area contributed by atoms with Gasteiger partial charge in [0, 0.05) is 12.6 Å². The maximum Gasteiger partial charge on any atom is 0.0837 e. The Labute approximate surface area is 116 Å². The Bertz CT molecular complexity index is 421. The number of benzene rings is 1. The molecule has 1 aliphatic rings. The first kappa shape index (κ1) is 14.1.